The van der Waals surface area contributed by atoms with Crippen molar-refractivity contribution < 1.29 is 19.0 Å². The summed E-state index contributed by atoms with van der Waals surface area (Å²) in [7, 11) is 3.21. The van der Waals surface area contributed by atoms with Crippen molar-refractivity contribution in [3.8, 4) is 11.5 Å². The minimum Gasteiger partial charge on any atom is -0.497 e. The van der Waals surface area contributed by atoms with Crippen LogP contribution in [0.15, 0.2) is 18.2 Å². The summed E-state index contributed by atoms with van der Waals surface area (Å²) < 4.78 is 15.9. The predicted molar refractivity (Wildman–Crippen MR) is 75.1 cm³/mol. The van der Waals surface area contributed by atoms with E-state index in [2.05, 4.69) is 5.32 Å². The molecule has 1 aliphatic rings. The molecule has 1 amide bonds. The Kier molecular flexibility index (Phi) is 4.84. The summed E-state index contributed by atoms with van der Waals surface area (Å²) in [5, 5.41) is 2.97. The maximum Gasteiger partial charge on any atom is 0.249 e. The minimum atomic E-state index is -0.318. The first kappa shape index (κ1) is 14.7. The van der Waals surface area contributed by atoms with Crippen molar-refractivity contribution in [1.29, 1.82) is 0 Å². The highest BCUT2D eigenvalue weighted by atomic mass is 16.5. The molecule has 5 heteroatoms. The lowest BCUT2D eigenvalue weighted by Crippen LogP contribution is -2.35. The van der Waals surface area contributed by atoms with E-state index in [1.165, 1.54) is 0 Å². The van der Waals surface area contributed by atoms with Crippen LogP contribution in [0.4, 0.5) is 0 Å². The van der Waals surface area contributed by atoms with Crippen LogP contribution in [-0.4, -0.2) is 32.8 Å². The highest BCUT2D eigenvalue weighted by Crippen LogP contribution is 2.29. The molecule has 1 aromatic carbocycles. The highest BCUT2D eigenvalue weighted by Gasteiger charge is 2.25. The van der Waals surface area contributed by atoms with Gasteiger partial charge in [-0.3, -0.25) is 4.79 Å². The average molecular weight is 279 g/mol. The molecule has 0 saturated carbocycles. The SMILES string of the molecule is COc1ccc(C(C)NC(=O)C2CCCO2)c(OC)c1. The summed E-state index contributed by atoms with van der Waals surface area (Å²) in [5.74, 6) is 1.36. The third-order valence-electron chi connectivity index (χ3n) is 3.49. The number of amides is 1. The normalized spacial score (nSPS) is 19.4. The number of carbonyl (C=O) groups excluding carboxylic acids is 1. The van der Waals surface area contributed by atoms with Crippen LogP contribution in [-0.2, 0) is 9.53 Å². The lowest BCUT2D eigenvalue weighted by atomic mass is 10.1. The van der Waals surface area contributed by atoms with Gasteiger partial charge >= 0.3 is 0 Å². The van der Waals surface area contributed by atoms with Crippen molar-refractivity contribution in [3.05, 3.63) is 23.8 Å². The van der Waals surface area contributed by atoms with Crippen LogP contribution < -0.4 is 14.8 Å². The Hall–Kier alpha value is -1.75. The van der Waals surface area contributed by atoms with Crippen molar-refractivity contribution in [2.24, 2.45) is 0 Å². The molecule has 110 valence electrons. The molecule has 0 aromatic heterocycles. The van der Waals surface area contributed by atoms with Crippen molar-refractivity contribution in [2.45, 2.75) is 31.9 Å². The Balaban J connectivity index is 2.07. The van der Waals surface area contributed by atoms with Gasteiger partial charge in [-0.05, 0) is 31.9 Å². The fourth-order valence-electron chi connectivity index (χ4n) is 2.34. The summed E-state index contributed by atoms with van der Waals surface area (Å²) in [6.07, 6.45) is 1.41. The monoisotopic (exact) mass is 279 g/mol. The number of ether oxygens (including phenoxy) is 3. The molecule has 0 bridgehead atoms. The number of methoxy groups -OCH3 is 2. The molecule has 1 heterocycles. The van der Waals surface area contributed by atoms with Gasteiger partial charge in [-0.15, -0.1) is 0 Å². The second kappa shape index (κ2) is 6.61. The van der Waals surface area contributed by atoms with Crippen LogP contribution in [0.3, 0.4) is 0 Å². The van der Waals surface area contributed by atoms with Crippen LogP contribution in [0.1, 0.15) is 31.4 Å². The van der Waals surface area contributed by atoms with Gasteiger partial charge < -0.3 is 19.5 Å². The molecule has 1 aliphatic heterocycles. The predicted octanol–water partition coefficient (Wildman–Crippen LogP) is 2.06. The Labute approximate surface area is 119 Å². The third-order valence-corrected chi connectivity index (χ3v) is 3.49. The zero-order chi connectivity index (χ0) is 14.5. The van der Waals surface area contributed by atoms with Crippen molar-refractivity contribution >= 4 is 5.91 Å². The molecule has 2 unspecified atom stereocenters. The second-order valence-corrected chi connectivity index (χ2v) is 4.84. The minimum absolute atomic E-state index is 0.0622. The molecule has 1 N–H and O–H groups in total. The zero-order valence-corrected chi connectivity index (χ0v) is 12.1. The van der Waals surface area contributed by atoms with Gasteiger partial charge in [0.2, 0.25) is 5.91 Å². The van der Waals surface area contributed by atoms with Crippen LogP contribution in [0.25, 0.3) is 0 Å². The van der Waals surface area contributed by atoms with E-state index in [0.717, 1.165) is 24.2 Å². The first-order valence-corrected chi connectivity index (χ1v) is 6.79. The first-order chi connectivity index (χ1) is 9.65. The smallest absolute Gasteiger partial charge is 0.249 e. The summed E-state index contributed by atoms with van der Waals surface area (Å²) >= 11 is 0. The van der Waals surface area contributed by atoms with E-state index in [-0.39, 0.29) is 18.1 Å². The lowest BCUT2D eigenvalue weighted by Gasteiger charge is -2.19. The van der Waals surface area contributed by atoms with E-state index in [1.807, 2.05) is 25.1 Å². The first-order valence-electron chi connectivity index (χ1n) is 6.79. The van der Waals surface area contributed by atoms with Crippen LogP contribution in [0.5, 0.6) is 11.5 Å². The van der Waals surface area contributed by atoms with Gasteiger partial charge in [-0.2, -0.15) is 0 Å². The third kappa shape index (κ3) is 3.22. The zero-order valence-electron chi connectivity index (χ0n) is 12.1. The number of carbonyl (C=O) groups is 1. The summed E-state index contributed by atoms with van der Waals surface area (Å²) in [4.78, 5) is 12.1. The van der Waals surface area contributed by atoms with Crippen molar-refractivity contribution in [1.82, 2.24) is 5.32 Å². The fraction of sp³-hybridized carbons (Fsp3) is 0.533. The molecule has 5 nitrogen and oxygen atoms in total. The maximum absolute atomic E-state index is 12.1. The molecule has 2 atom stereocenters. The molecule has 1 aromatic rings. The van der Waals surface area contributed by atoms with E-state index in [0.29, 0.717) is 12.4 Å². The molecule has 0 radical (unpaired) electrons. The number of rotatable bonds is 5. The largest absolute Gasteiger partial charge is 0.497 e. The van der Waals surface area contributed by atoms with Gasteiger partial charge in [-0.25, -0.2) is 0 Å². The van der Waals surface area contributed by atoms with E-state index in [4.69, 9.17) is 14.2 Å². The number of benzene rings is 1. The Morgan fingerprint density at radius 2 is 2.20 bits per heavy atom. The highest BCUT2D eigenvalue weighted by molar-refractivity contribution is 5.81. The Bertz CT molecular complexity index is 469. The molecule has 0 spiro atoms. The van der Waals surface area contributed by atoms with Gasteiger partial charge in [0.25, 0.3) is 0 Å². The van der Waals surface area contributed by atoms with Crippen molar-refractivity contribution in [2.75, 3.05) is 20.8 Å². The fourth-order valence-corrected chi connectivity index (χ4v) is 2.34. The summed E-state index contributed by atoms with van der Waals surface area (Å²) in [6, 6.07) is 5.42. The number of hydrogen-bond donors (Lipinski definition) is 1. The van der Waals surface area contributed by atoms with E-state index in [1.54, 1.807) is 14.2 Å². The van der Waals surface area contributed by atoms with Gasteiger partial charge in [0.05, 0.1) is 20.3 Å². The lowest BCUT2D eigenvalue weighted by molar-refractivity contribution is -0.130. The number of nitrogens with one attached hydrogen (secondary N) is 1. The molecular weight excluding hydrogens is 258 g/mol. The standard InChI is InChI=1S/C15H21NO4/c1-10(16-15(17)13-5-4-8-20-13)12-7-6-11(18-2)9-14(12)19-3/h6-7,9-10,13H,4-5,8H2,1-3H3,(H,16,17). The van der Waals surface area contributed by atoms with Crippen LogP contribution in [0, 0.1) is 0 Å². The van der Waals surface area contributed by atoms with Gasteiger partial charge in [0, 0.05) is 18.2 Å². The second-order valence-electron chi connectivity index (χ2n) is 4.84. The van der Waals surface area contributed by atoms with Gasteiger partial charge in [0.15, 0.2) is 0 Å². The molecule has 2 rings (SSSR count). The Morgan fingerprint density at radius 3 is 2.80 bits per heavy atom. The molecular formula is C15H21NO4. The van der Waals surface area contributed by atoms with Crippen LogP contribution >= 0.6 is 0 Å². The molecule has 20 heavy (non-hydrogen) atoms. The summed E-state index contributed by atoms with van der Waals surface area (Å²) in [6.45, 7) is 2.59. The molecule has 1 saturated heterocycles. The van der Waals surface area contributed by atoms with Crippen LogP contribution in [0.2, 0.25) is 0 Å². The Morgan fingerprint density at radius 1 is 1.40 bits per heavy atom. The van der Waals surface area contributed by atoms with E-state index < -0.39 is 0 Å². The van der Waals surface area contributed by atoms with E-state index in [9.17, 15) is 4.79 Å². The van der Waals surface area contributed by atoms with Crippen molar-refractivity contribution in [3.63, 3.8) is 0 Å². The molecule has 0 aliphatic carbocycles. The van der Waals surface area contributed by atoms with E-state index >= 15 is 0 Å². The molecule has 1 fully saturated rings. The summed E-state index contributed by atoms with van der Waals surface area (Å²) in [5.41, 5.74) is 0.916. The van der Waals surface area contributed by atoms with Gasteiger partial charge in [0.1, 0.15) is 17.6 Å². The number of hydrogen-bond acceptors (Lipinski definition) is 4. The average Bonchev–Trinajstić information content (AvgIpc) is 3.00. The quantitative estimate of drug-likeness (QED) is 0.896. The maximum atomic E-state index is 12.1. The topological polar surface area (TPSA) is 56.8 Å². The van der Waals surface area contributed by atoms with Gasteiger partial charge in [-0.1, -0.05) is 0 Å².